The van der Waals surface area contributed by atoms with Gasteiger partial charge in [0.25, 0.3) is 0 Å². The molecule has 0 aliphatic rings. The zero-order valence-electron chi connectivity index (χ0n) is 10.1. The number of nitro groups is 1. The van der Waals surface area contributed by atoms with Crippen molar-refractivity contribution in [1.82, 2.24) is 0 Å². The van der Waals surface area contributed by atoms with Crippen molar-refractivity contribution in [3.8, 4) is 11.8 Å². The number of nitro benzene ring substituents is 1. The average Bonchev–Trinajstić information content (AvgIpc) is 2.30. The molecule has 0 saturated carbocycles. The van der Waals surface area contributed by atoms with E-state index in [0.29, 0.717) is 6.42 Å². The summed E-state index contributed by atoms with van der Waals surface area (Å²) in [4.78, 5) is 10.3. The number of rotatable bonds is 5. The van der Waals surface area contributed by atoms with Crippen LogP contribution < -0.4 is 4.74 Å². The van der Waals surface area contributed by atoms with Gasteiger partial charge in [0.1, 0.15) is 0 Å². The second-order valence-corrected chi connectivity index (χ2v) is 4.85. The summed E-state index contributed by atoms with van der Waals surface area (Å²) in [5, 5.41) is 19.8. The van der Waals surface area contributed by atoms with Crippen LogP contribution >= 0.6 is 11.6 Å². The first kappa shape index (κ1) is 14.3. The Bertz CT molecular complexity index is 495. The Morgan fingerprint density at radius 3 is 2.78 bits per heavy atom. The first-order chi connectivity index (χ1) is 8.37. The molecule has 1 aromatic carbocycles. The molecule has 0 atom stereocenters. The fourth-order valence-electron chi connectivity index (χ4n) is 1.25. The minimum Gasteiger partial charge on any atom is -0.486 e. The van der Waals surface area contributed by atoms with Gasteiger partial charge in [-0.3, -0.25) is 10.1 Å². The summed E-state index contributed by atoms with van der Waals surface area (Å²) in [5.74, 6) is 0.0536. The highest BCUT2D eigenvalue weighted by Crippen LogP contribution is 2.34. The molecule has 0 aromatic heterocycles. The number of nitrogens with zero attached hydrogens (tertiary/aromatic N) is 2. The Morgan fingerprint density at radius 1 is 1.56 bits per heavy atom. The van der Waals surface area contributed by atoms with Crippen molar-refractivity contribution in [2.75, 3.05) is 6.61 Å². The SMILES string of the molecule is CC(C)(C#N)CCOc1c(Cl)cccc1[N+](=O)[O-]. The lowest BCUT2D eigenvalue weighted by molar-refractivity contribution is -0.385. The molecule has 5 nitrogen and oxygen atoms in total. The van der Waals surface area contributed by atoms with Gasteiger partial charge in [0, 0.05) is 6.07 Å². The number of hydrogen-bond donors (Lipinski definition) is 0. The largest absolute Gasteiger partial charge is 0.486 e. The zero-order chi connectivity index (χ0) is 13.8. The van der Waals surface area contributed by atoms with Crippen molar-refractivity contribution < 1.29 is 9.66 Å². The minimum atomic E-state index is -0.545. The Balaban J connectivity index is 2.80. The maximum absolute atomic E-state index is 10.8. The summed E-state index contributed by atoms with van der Waals surface area (Å²) < 4.78 is 5.34. The van der Waals surface area contributed by atoms with Crippen molar-refractivity contribution in [3.63, 3.8) is 0 Å². The van der Waals surface area contributed by atoms with E-state index in [4.69, 9.17) is 21.6 Å². The standard InChI is InChI=1S/C12H13ClN2O3/c1-12(2,8-14)6-7-18-11-9(13)4-3-5-10(11)15(16)17/h3-5H,6-7H2,1-2H3. The second-order valence-electron chi connectivity index (χ2n) is 4.44. The molecule has 1 aromatic rings. The summed E-state index contributed by atoms with van der Waals surface area (Å²) in [6, 6.07) is 6.48. The van der Waals surface area contributed by atoms with Crippen LogP contribution in [0, 0.1) is 26.9 Å². The van der Waals surface area contributed by atoms with Gasteiger partial charge < -0.3 is 4.74 Å². The van der Waals surface area contributed by atoms with Gasteiger partial charge in [0.05, 0.1) is 28.0 Å². The zero-order valence-corrected chi connectivity index (χ0v) is 10.9. The summed E-state index contributed by atoms with van der Waals surface area (Å²) in [5.41, 5.74) is -0.701. The molecule has 0 N–H and O–H groups in total. The lowest BCUT2D eigenvalue weighted by Gasteiger charge is -2.15. The highest BCUT2D eigenvalue weighted by atomic mass is 35.5. The average molecular weight is 269 g/mol. The molecule has 0 aliphatic carbocycles. The topological polar surface area (TPSA) is 76.2 Å². The molecule has 1 rings (SSSR count). The Hall–Kier alpha value is -1.80. The first-order valence-electron chi connectivity index (χ1n) is 5.34. The van der Waals surface area contributed by atoms with E-state index in [9.17, 15) is 10.1 Å². The molecule has 0 spiro atoms. The van der Waals surface area contributed by atoms with Crippen LogP contribution in [0.1, 0.15) is 20.3 Å². The van der Waals surface area contributed by atoms with Gasteiger partial charge in [0.2, 0.25) is 5.75 Å². The highest BCUT2D eigenvalue weighted by Gasteiger charge is 2.21. The normalized spacial score (nSPS) is 10.8. The van der Waals surface area contributed by atoms with Crippen LogP contribution in [0.3, 0.4) is 0 Å². The molecule has 0 radical (unpaired) electrons. The Kier molecular flexibility index (Phi) is 4.51. The summed E-state index contributed by atoms with van der Waals surface area (Å²) in [6.07, 6.45) is 0.464. The van der Waals surface area contributed by atoms with Crippen LogP contribution in [0.4, 0.5) is 5.69 Å². The first-order valence-corrected chi connectivity index (χ1v) is 5.72. The van der Waals surface area contributed by atoms with E-state index >= 15 is 0 Å². The monoisotopic (exact) mass is 268 g/mol. The van der Waals surface area contributed by atoms with Crippen molar-refractivity contribution in [2.45, 2.75) is 20.3 Å². The number of benzene rings is 1. The van der Waals surface area contributed by atoms with E-state index in [-0.39, 0.29) is 23.1 Å². The molecule has 0 aliphatic heterocycles. The molecular weight excluding hydrogens is 256 g/mol. The smallest absolute Gasteiger partial charge is 0.312 e. The maximum Gasteiger partial charge on any atom is 0.312 e. The molecule has 96 valence electrons. The van der Waals surface area contributed by atoms with E-state index < -0.39 is 10.3 Å². The third-order valence-corrected chi connectivity index (χ3v) is 2.72. The highest BCUT2D eigenvalue weighted by molar-refractivity contribution is 6.32. The quantitative estimate of drug-likeness (QED) is 0.604. The van der Waals surface area contributed by atoms with E-state index in [1.54, 1.807) is 13.8 Å². The summed E-state index contributed by atoms with van der Waals surface area (Å²) >= 11 is 5.86. The Morgan fingerprint density at radius 2 is 2.22 bits per heavy atom. The number of para-hydroxylation sites is 1. The molecule has 0 bridgehead atoms. The van der Waals surface area contributed by atoms with Gasteiger partial charge in [-0.15, -0.1) is 0 Å². The molecular formula is C12H13ClN2O3. The van der Waals surface area contributed by atoms with Crippen LogP contribution in [0.2, 0.25) is 5.02 Å². The van der Waals surface area contributed by atoms with Crippen LogP contribution in [-0.4, -0.2) is 11.5 Å². The van der Waals surface area contributed by atoms with Gasteiger partial charge in [0.15, 0.2) is 0 Å². The van der Waals surface area contributed by atoms with Crippen molar-refractivity contribution >= 4 is 17.3 Å². The van der Waals surface area contributed by atoms with E-state index in [1.807, 2.05) is 0 Å². The molecule has 18 heavy (non-hydrogen) atoms. The summed E-state index contributed by atoms with van der Waals surface area (Å²) in [6.45, 7) is 3.75. The second kappa shape index (κ2) is 5.69. The summed E-state index contributed by atoms with van der Waals surface area (Å²) in [7, 11) is 0. The van der Waals surface area contributed by atoms with Gasteiger partial charge in [-0.2, -0.15) is 5.26 Å². The maximum atomic E-state index is 10.8. The van der Waals surface area contributed by atoms with Gasteiger partial charge >= 0.3 is 5.69 Å². The minimum absolute atomic E-state index is 0.0536. The molecule has 0 unspecified atom stereocenters. The van der Waals surface area contributed by atoms with Crippen LogP contribution in [0.5, 0.6) is 5.75 Å². The number of hydrogen-bond acceptors (Lipinski definition) is 4. The van der Waals surface area contributed by atoms with Gasteiger partial charge in [-0.1, -0.05) is 17.7 Å². The van der Waals surface area contributed by atoms with E-state index in [0.717, 1.165) is 0 Å². The van der Waals surface area contributed by atoms with E-state index in [2.05, 4.69) is 6.07 Å². The molecule has 0 fully saturated rings. The fourth-order valence-corrected chi connectivity index (χ4v) is 1.47. The predicted octanol–water partition coefficient (Wildman–Crippen LogP) is 3.57. The lowest BCUT2D eigenvalue weighted by atomic mass is 9.92. The number of nitriles is 1. The predicted molar refractivity (Wildman–Crippen MR) is 67.6 cm³/mol. The number of ether oxygens (including phenoxy) is 1. The van der Waals surface area contributed by atoms with Crippen LogP contribution in [0.25, 0.3) is 0 Å². The molecule has 0 amide bonds. The number of halogens is 1. The van der Waals surface area contributed by atoms with E-state index in [1.165, 1.54) is 18.2 Å². The van der Waals surface area contributed by atoms with Crippen molar-refractivity contribution in [3.05, 3.63) is 33.3 Å². The van der Waals surface area contributed by atoms with Crippen LogP contribution in [0.15, 0.2) is 18.2 Å². The van der Waals surface area contributed by atoms with Crippen molar-refractivity contribution in [2.24, 2.45) is 5.41 Å². The molecule has 6 heteroatoms. The lowest BCUT2D eigenvalue weighted by Crippen LogP contribution is -2.13. The van der Waals surface area contributed by atoms with Gasteiger partial charge in [-0.25, -0.2) is 0 Å². The molecule has 0 saturated heterocycles. The molecule has 0 heterocycles. The third kappa shape index (κ3) is 3.60. The third-order valence-electron chi connectivity index (χ3n) is 2.42. The fraction of sp³-hybridized carbons (Fsp3) is 0.417. The van der Waals surface area contributed by atoms with Crippen LogP contribution in [-0.2, 0) is 0 Å². The Labute approximate surface area is 110 Å². The van der Waals surface area contributed by atoms with Crippen molar-refractivity contribution in [1.29, 1.82) is 5.26 Å². The van der Waals surface area contributed by atoms with Gasteiger partial charge in [-0.05, 0) is 26.3 Å².